The number of aryl methyl sites for hydroxylation is 2. The van der Waals surface area contributed by atoms with Gasteiger partial charge >= 0.3 is 0 Å². The van der Waals surface area contributed by atoms with Gasteiger partial charge in [-0.05, 0) is 85.0 Å². The molecule has 3 aromatic carbocycles. The van der Waals surface area contributed by atoms with Crippen LogP contribution in [0.15, 0.2) is 83.7 Å². The monoisotopic (exact) mass is 450 g/mol. The second-order valence-corrected chi connectivity index (χ2v) is 8.68. The van der Waals surface area contributed by atoms with Crippen molar-refractivity contribution in [3.63, 3.8) is 0 Å². The summed E-state index contributed by atoms with van der Waals surface area (Å²) in [5, 5.41) is 9.01. The lowest BCUT2D eigenvalue weighted by Gasteiger charge is -2.09. The number of aromatic nitrogens is 3. The number of para-hydroxylation sites is 1. The van der Waals surface area contributed by atoms with E-state index >= 15 is 0 Å². The molecule has 6 rings (SSSR count). The second kappa shape index (κ2) is 8.30. The molecular formula is C28H23FN4O. The van der Waals surface area contributed by atoms with Crippen molar-refractivity contribution in [2.75, 3.05) is 5.32 Å². The van der Waals surface area contributed by atoms with Crippen LogP contribution in [-0.2, 0) is 19.4 Å². The van der Waals surface area contributed by atoms with E-state index < -0.39 is 0 Å². The Morgan fingerprint density at radius 3 is 2.56 bits per heavy atom. The number of nitrogens with zero attached hydrogens (tertiary/aromatic N) is 2. The minimum Gasteiger partial charge on any atom is -0.381 e. The fraction of sp³-hybridized carbons (Fsp3) is 0.143. The maximum Gasteiger partial charge on any atom is 0.254 e. The minimum atomic E-state index is -0.303. The van der Waals surface area contributed by atoms with Crippen LogP contribution in [0.25, 0.3) is 28.0 Å². The second-order valence-electron chi connectivity index (χ2n) is 8.68. The van der Waals surface area contributed by atoms with E-state index in [0.717, 1.165) is 35.2 Å². The molecule has 1 aliphatic carbocycles. The van der Waals surface area contributed by atoms with Crippen LogP contribution >= 0.6 is 0 Å². The molecular weight excluding hydrogens is 427 g/mol. The van der Waals surface area contributed by atoms with Crippen molar-refractivity contribution >= 4 is 16.7 Å². The zero-order chi connectivity index (χ0) is 23.1. The highest BCUT2D eigenvalue weighted by Crippen LogP contribution is 2.29. The van der Waals surface area contributed by atoms with Crippen LogP contribution in [0.3, 0.4) is 0 Å². The molecule has 0 saturated heterocycles. The number of pyridine rings is 1. The standard InChI is InChI=1S/C28H23FN4O/c29-22-12-9-19(10-13-22)26-25-16-21(17-30-23-14-11-18-5-4-6-20(18)15-23)28(34)31-27(25)33(32-26)24-7-2-1-3-8-24/h1-3,7-16,30H,4-6,17H2,(H,31,34). The van der Waals surface area contributed by atoms with E-state index in [2.05, 4.69) is 28.5 Å². The summed E-state index contributed by atoms with van der Waals surface area (Å²) in [7, 11) is 0. The van der Waals surface area contributed by atoms with Crippen LogP contribution in [0.4, 0.5) is 10.1 Å². The number of anilines is 1. The molecule has 0 bridgehead atoms. The van der Waals surface area contributed by atoms with Gasteiger partial charge in [0.25, 0.3) is 5.56 Å². The van der Waals surface area contributed by atoms with Crippen LogP contribution in [0.2, 0.25) is 0 Å². The van der Waals surface area contributed by atoms with Crippen molar-refractivity contribution in [1.82, 2.24) is 14.8 Å². The predicted octanol–water partition coefficient (Wildman–Crippen LogP) is 5.62. The summed E-state index contributed by atoms with van der Waals surface area (Å²) in [4.78, 5) is 16.1. The van der Waals surface area contributed by atoms with Crippen molar-refractivity contribution in [2.24, 2.45) is 0 Å². The number of fused-ring (bicyclic) bond motifs is 2. The van der Waals surface area contributed by atoms with Gasteiger partial charge in [-0.2, -0.15) is 5.10 Å². The Morgan fingerprint density at radius 2 is 1.74 bits per heavy atom. The Labute approximate surface area is 195 Å². The molecule has 168 valence electrons. The Hall–Kier alpha value is -4.19. The summed E-state index contributed by atoms with van der Waals surface area (Å²) < 4.78 is 15.3. The maximum atomic E-state index is 13.6. The normalized spacial score (nSPS) is 12.7. The summed E-state index contributed by atoms with van der Waals surface area (Å²) in [6, 6.07) is 24.2. The first-order valence-corrected chi connectivity index (χ1v) is 11.5. The number of benzene rings is 3. The number of H-pyrrole nitrogens is 1. The molecule has 0 fully saturated rings. The quantitative estimate of drug-likeness (QED) is 0.365. The Kier molecular flexibility index (Phi) is 4.99. The van der Waals surface area contributed by atoms with E-state index in [9.17, 15) is 9.18 Å². The molecule has 5 aromatic rings. The van der Waals surface area contributed by atoms with Gasteiger partial charge in [-0.25, -0.2) is 9.07 Å². The van der Waals surface area contributed by atoms with Gasteiger partial charge in [-0.1, -0.05) is 24.3 Å². The fourth-order valence-electron chi connectivity index (χ4n) is 4.70. The fourth-order valence-corrected chi connectivity index (χ4v) is 4.70. The number of hydrogen-bond acceptors (Lipinski definition) is 3. The van der Waals surface area contributed by atoms with E-state index in [1.54, 1.807) is 16.8 Å². The molecule has 2 aromatic heterocycles. The summed E-state index contributed by atoms with van der Waals surface area (Å²) in [5.74, 6) is -0.303. The predicted molar refractivity (Wildman–Crippen MR) is 133 cm³/mol. The summed E-state index contributed by atoms with van der Waals surface area (Å²) in [6.07, 6.45) is 3.45. The lowest BCUT2D eigenvalue weighted by Crippen LogP contribution is -2.16. The average Bonchev–Trinajstić information content (AvgIpc) is 3.48. The third kappa shape index (κ3) is 3.67. The average molecular weight is 451 g/mol. The van der Waals surface area contributed by atoms with Gasteiger partial charge in [0.2, 0.25) is 0 Å². The van der Waals surface area contributed by atoms with Gasteiger partial charge in [-0.15, -0.1) is 0 Å². The molecule has 0 unspecified atom stereocenters. The molecule has 2 N–H and O–H groups in total. The summed E-state index contributed by atoms with van der Waals surface area (Å²) >= 11 is 0. The molecule has 0 spiro atoms. The molecule has 6 heteroatoms. The molecule has 0 atom stereocenters. The topological polar surface area (TPSA) is 62.7 Å². The molecule has 0 aliphatic heterocycles. The first-order chi connectivity index (χ1) is 16.7. The molecule has 2 heterocycles. The minimum absolute atomic E-state index is 0.163. The van der Waals surface area contributed by atoms with Crippen molar-refractivity contribution in [2.45, 2.75) is 25.8 Å². The Bertz CT molecular complexity index is 1550. The Morgan fingerprint density at radius 1 is 0.941 bits per heavy atom. The highest BCUT2D eigenvalue weighted by molar-refractivity contribution is 5.92. The van der Waals surface area contributed by atoms with Crippen LogP contribution in [0.1, 0.15) is 23.1 Å². The zero-order valence-electron chi connectivity index (χ0n) is 18.5. The lowest BCUT2D eigenvalue weighted by atomic mass is 10.1. The SMILES string of the molecule is O=c1[nH]c2c(cc1CNc1ccc3c(c1)CCC3)c(-c1ccc(F)cc1)nn2-c1ccccc1. The molecule has 0 radical (unpaired) electrons. The van der Waals surface area contributed by atoms with E-state index in [1.165, 1.54) is 29.7 Å². The zero-order valence-corrected chi connectivity index (χ0v) is 18.5. The van der Waals surface area contributed by atoms with Crippen molar-refractivity contribution < 1.29 is 4.39 Å². The third-order valence-corrected chi connectivity index (χ3v) is 6.46. The molecule has 0 saturated carbocycles. The molecule has 1 aliphatic rings. The van der Waals surface area contributed by atoms with Gasteiger partial charge < -0.3 is 10.3 Å². The van der Waals surface area contributed by atoms with E-state index in [1.807, 2.05) is 36.4 Å². The van der Waals surface area contributed by atoms with Gasteiger partial charge in [-0.3, -0.25) is 4.79 Å². The summed E-state index contributed by atoms with van der Waals surface area (Å²) in [5.41, 5.74) is 7.18. The van der Waals surface area contributed by atoms with E-state index in [-0.39, 0.29) is 11.4 Å². The van der Waals surface area contributed by atoms with Crippen molar-refractivity contribution in [1.29, 1.82) is 0 Å². The number of nitrogens with one attached hydrogen (secondary N) is 2. The molecule has 5 nitrogen and oxygen atoms in total. The number of halogens is 1. The Balaban J connectivity index is 1.43. The van der Waals surface area contributed by atoms with Gasteiger partial charge in [0.1, 0.15) is 17.2 Å². The van der Waals surface area contributed by atoms with E-state index in [4.69, 9.17) is 5.10 Å². The highest BCUT2D eigenvalue weighted by atomic mass is 19.1. The lowest BCUT2D eigenvalue weighted by molar-refractivity contribution is 0.628. The summed E-state index contributed by atoms with van der Waals surface area (Å²) in [6.45, 7) is 0.392. The number of hydrogen-bond donors (Lipinski definition) is 2. The molecule has 0 amide bonds. The van der Waals surface area contributed by atoms with Crippen LogP contribution < -0.4 is 10.9 Å². The van der Waals surface area contributed by atoms with Gasteiger partial charge in [0.15, 0.2) is 0 Å². The van der Waals surface area contributed by atoms with Crippen molar-refractivity contribution in [3.8, 4) is 16.9 Å². The largest absolute Gasteiger partial charge is 0.381 e. The number of rotatable bonds is 5. The third-order valence-electron chi connectivity index (χ3n) is 6.46. The van der Waals surface area contributed by atoms with Gasteiger partial charge in [0.05, 0.1) is 5.69 Å². The van der Waals surface area contributed by atoms with Crippen LogP contribution in [0, 0.1) is 5.82 Å². The smallest absolute Gasteiger partial charge is 0.254 e. The first-order valence-electron chi connectivity index (χ1n) is 11.5. The van der Waals surface area contributed by atoms with Gasteiger partial charge in [0, 0.05) is 28.7 Å². The van der Waals surface area contributed by atoms with Crippen molar-refractivity contribution in [3.05, 3.63) is 112 Å². The van der Waals surface area contributed by atoms with Crippen LogP contribution in [-0.4, -0.2) is 14.8 Å². The first kappa shape index (κ1) is 20.4. The molecule has 34 heavy (non-hydrogen) atoms. The van der Waals surface area contributed by atoms with Crippen LogP contribution in [0.5, 0.6) is 0 Å². The van der Waals surface area contributed by atoms with E-state index in [0.29, 0.717) is 23.4 Å². The maximum absolute atomic E-state index is 13.6. The number of aromatic amines is 1. The highest BCUT2D eigenvalue weighted by Gasteiger charge is 2.17.